The van der Waals surface area contributed by atoms with Crippen LogP contribution < -0.4 is 5.32 Å². The monoisotopic (exact) mass is 575 g/mol. The van der Waals surface area contributed by atoms with Crippen LogP contribution in [0.25, 0.3) is 44.2 Å². The molecule has 212 valence electrons. The molecule has 0 spiro atoms. The Morgan fingerprint density at radius 3 is 1.76 bits per heavy atom. The van der Waals surface area contributed by atoms with Crippen LogP contribution in [0.4, 0.5) is 11.4 Å². The number of nitrogens with one attached hydrogen (secondary N) is 1. The van der Waals surface area contributed by atoms with E-state index in [1.165, 1.54) is 44.5 Å². The molecule has 1 aliphatic rings. The van der Waals surface area contributed by atoms with Crippen LogP contribution in [0.3, 0.4) is 0 Å². The largest absolute Gasteiger partial charge is 0.455 e. The van der Waals surface area contributed by atoms with Gasteiger partial charge in [0.05, 0.1) is 5.41 Å². The Morgan fingerprint density at radius 2 is 1.04 bits per heavy atom. The Labute approximate surface area is 262 Å². The molecule has 1 N–H and O–H groups in total. The van der Waals surface area contributed by atoms with Crippen molar-refractivity contribution in [1.29, 1.82) is 0 Å². The summed E-state index contributed by atoms with van der Waals surface area (Å²) in [7, 11) is 0. The maximum Gasteiger partial charge on any atom is 0.143 e. The normalized spacial score (nSPS) is 13.1. The Kier molecular flexibility index (Phi) is 5.76. The van der Waals surface area contributed by atoms with E-state index in [-0.39, 0.29) is 0 Å². The lowest BCUT2D eigenvalue weighted by Crippen LogP contribution is -2.28. The van der Waals surface area contributed by atoms with Crippen molar-refractivity contribution in [2.45, 2.75) is 5.41 Å². The highest BCUT2D eigenvalue weighted by Gasteiger charge is 2.47. The van der Waals surface area contributed by atoms with Crippen LogP contribution in [-0.4, -0.2) is 0 Å². The van der Waals surface area contributed by atoms with E-state index in [9.17, 15) is 0 Å². The lowest BCUT2D eigenvalue weighted by atomic mass is 9.67. The van der Waals surface area contributed by atoms with Crippen molar-refractivity contribution >= 4 is 33.3 Å². The van der Waals surface area contributed by atoms with E-state index in [1.807, 2.05) is 6.07 Å². The number of para-hydroxylation sites is 1. The minimum atomic E-state index is -0.519. The van der Waals surface area contributed by atoms with Crippen molar-refractivity contribution in [3.8, 4) is 22.3 Å². The molecule has 0 radical (unpaired) electrons. The third-order valence-electron chi connectivity index (χ3n) is 9.34. The number of hydrogen-bond donors (Lipinski definition) is 1. The summed E-state index contributed by atoms with van der Waals surface area (Å²) >= 11 is 0. The van der Waals surface area contributed by atoms with E-state index in [0.717, 1.165) is 33.3 Å². The van der Waals surface area contributed by atoms with Gasteiger partial charge in [-0.3, -0.25) is 0 Å². The Hall–Kier alpha value is -5.86. The molecule has 1 heterocycles. The second-order valence-corrected chi connectivity index (χ2v) is 11.8. The van der Waals surface area contributed by atoms with E-state index < -0.39 is 5.41 Å². The van der Waals surface area contributed by atoms with Crippen molar-refractivity contribution in [2.24, 2.45) is 0 Å². The number of rotatable bonds is 5. The van der Waals surface area contributed by atoms with Gasteiger partial charge in [0.25, 0.3) is 0 Å². The summed E-state index contributed by atoms with van der Waals surface area (Å²) in [5.41, 5.74) is 13.2. The van der Waals surface area contributed by atoms with Crippen molar-refractivity contribution in [1.82, 2.24) is 0 Å². The van der Waals surface area contributed by atoms with Gasteiger partial charge < -0.3 is 9.73 Å². The molecule has 1 aliphatic carbocycles. The van der Waals surface area contributed by atoms with Gasteiger partial charge in [0.15, 0.2) is 0 Å². The summed E-state index contributed by atoms with van der Waals surface area (Å²) in [5.74, 6) is 0. The Balaban J connectivity index is 1.27. The summed E-state index contributed by atoms with van der Waals surface area (Å²) in [4.78, 5) is 0. The summed E-state index contributed by atoms with van der Waals surface area (Å²) in [6.07, 6.45) is 0. The third kappa shape index (κ3) is 3.89. The molecule has 0 fully saturated rings. The molecule has 9 rings (SSSR count). The molecule has 0 saturated carbocycles. The van der Waals surface area contributed by atoms with Crippen molar-refractivity contribution in [2.75, 3.05) is 5.32 Å². The van der Waals surface area contributed by atoms with Crippen LogP contribution in [-0.2, 0) is 5.41 Å². The standard InChI is InChI=1S/C43H29NO/c1-4-12-29(13-5-1)30-20-22-33(23-21-30)44-34-24-25-37-39(28-34)43(31-14-6-2-7-15-31,32-16-8-3-9-17-32)38-27-26-36-35-18-10-11-19-40(35)45-42(36)41(37)38/h1-28,44H. The van der Waals surface area contributed by atoms with Crippen LogP contribution in [0.2, 0.25) is 0 Å². The molecule has 2 heteroatoms. The van der Waals surface area contributed by atoms with Gasteiger partial charge in [-0.1, -0.05) is 140 Å². The number of furan rings is 1. The highest BCUT2D eigenvalue weighted by Crippen LogP contribution is 2.59. The zero-order valence-electron chi connectivity index (χ0n) is 24.6. The predicted molar refractivity (Wildman–Crippen MR) is 186 cm³/mol. The van der Waals surface area contributed by atoms with Gasteiger partial charge in [-0.05, 0) is 69.3 Å². The average Bonchev–Trinajstić information content (AvgIpc) is 3.63. The van der Waals surface area contributed by atoms with E-state index in [2.05, 4.69) is 169 Å². The molecular weight excluding hydrogens is 546 g/mol. The molecule has 45 heavy (non-hydrogen) atoms. The van der Waals surface area contributed by atoms with Gasteiger partial charge in [0, 0.05) is 27.7 Å². The highest BCUT2D eigenvalue weighted by molar-refractivity contribution is 6.12. The molecule has 0 bridgehead atoms. The van der Waals surface area contributed by atoms with Gasteiger partial charge in [-0.15, -0.1) is 0 Å². The highest BCUT2D eigenvalue weighted by atomic mass is 16.3. The van der Waals surface area contributed by atoms with Gasteiger partial charge in [-0.25, -0.2) is 0 Å². The van der Waals surface area contributed by atoms with Crippen molar-refractivity contribution in [3.63, 3.8) is 0 Å². The first-order chi connectivity index (χ1) is 22.3. The number of anilines is 2. The van der Waals surface area contributed by atoms with Gasteiger partial charge in [-0.2, -0.15) is 0 Å². The second-order valence-electron chi connectivity index (χ2n) is 11.8. The molecule has 7 aromatic carbocycles. The summed E-state index contributed by atoms with van der Waals surface area (Å²) < 4.78 is 6.68. The molecule has 0 saturated heterocycles. The summed E-state index contributed by atoms with van der Waals surface area (Å²) in [5, 5.41) is 6.01. The summed E-state index contributed by atoms with van der Waals surface area (Å²) in [6.45, 7) is 0. The Morgan fingerprint density at radius 1 is 0.444 bits per heavy atom. The minimum Gasteiger partial charge on any atom is -0.455 e. The Bertz CT molecular complexity index is 2280. The van der Waals surface area contributed by atoms with Gasteiger partial charge >= 0.3 is 0 Å². The van der Waals surface area contributed by atoms with Crippen LogP contribution in [0.1, 0.15) is 22.3 Å². The molecule has 8 aromatic rings. The first-order valence-electron chi connectivity index (χ1n) is 15.4. The zero-order chi connectivity index (χ0) is 29.8. The smallest absolute Gasteiger partial charge is 0.143 e. The van der Waals surface area contributed by atoms with Crippen molar-refractivity contribution in [3.05, 3.63) is 192 Å². The summed E-state index contributed by atoms with van der Waals surface area (Å²) in [6, 6.07) is 60.7. The molecule has 2 nitrogen and oxygen atoms in total. The van der Waals surface area contributed by atoms with E-state index >= 15 is 0 Å². The van der Waals surface area contributed by atoms with Crippen LogP contribution in [0.5, 0.6) is 0 Å². The molecule has 1 aromatic heterocycles. The van der Waals surface area contributed by atoms with E-state index in [4.69, 9.17) is 4.42 Å². The quantitative estimate of drug-likeness (QED) is 0.221. The topological polar surface area (TPSA) is 25.2 Å². The predicted octanol–water partition coefficient (Wildman–Crippen LogP) is 11.4. The maximum absolute atomic E-state index is 6.68. The fraction of sp³-hybridized carbons (Fsp3) is 0.0233. The van der Waals surface area contributed by atoms with Crippen LogP contribution in [0.15, 0.2) is 174 Å². The van der Waals surface area contributed by atoms with Crippen LogP contribution >= 0.6 is 0 Å². The van der Waals surface area contributed by atoms with Crippen molar-refractivity contribution < 1.29 is 4.42 Å². The first kappa shape index (κ1) is 25.6. The lowest BCUT2D eigenvalue weighted by molar-refractivity contribution is 0.669. The molecule has 0 aliphatic heterocycles. The minimum absolute atomic E-state index is 0.519. The fourth-order valence-electron chi connectivity index (χ4n) is 7.37. The molecule has 0 atom stereocenters. The number of fused-ring (bicyclic) bond motifs is 7. The molecule has 0 unspecified atom stereocenters. The van der Waals surface area contributed by atoms with E-state index in [0.29, 0.717) is 0 Å². The zero-order valence-corrected chi connectivity index (χ0v) is 24.6. The number of benzene rings is 7. The number of hydrogen-bond acceptors (Lipinski definition) is 2. The molecular formula is C43H29NO. The van der Waals surface area contributed by atoms with Gasteiger partial charge in [0.2, 0.25) is 0 Å². The third-order valence-corrected chi connectivity index (χ3v) is 9.34. The molecule has 0 amide bonds. The lowest BCUT2D eigenvalue weighted by Gasteiger charge is -2.34. The maximum atomic E-state index is 6.68. The average molecular weight is 576 g/mol. The first-order valence-corrected chi connectivity index (χ1v) is 15.4. The van der Waals surface area contributed by atoms with Gasteiger partial charge in [0.1, 0.15) is 11.2 Å². The second kappa shape index (κ2) is 10.1. The fourth-order valence-corrected chi connectivity index (χ4v) is 7.37. The van der Waals surface area contributed by atoms with E-state index in [1.54, 1.807) is 0 Å². The SMILES string of the molecule is c1ccc(-c2ccc(Nc3ccc4c(c3)C(c3ccccc3)(c3ccccc3)c3ccc5c(oc6ccccc65)c3-4)cc2)cc1. The van der Waals surface area contributed by atoms with Crippen LogP contribution in [0, 0.1) is 0 Å².